The predicted octanol–water partition coefficient (Wildman–Crippen LogP) is 2.96. The number of aromatic nitrogens is 1. The van der Waals surface area contributed by atoms with E-state index < -0.39 is 5.82 Å². The van der Waals surface area contributed by atoms with Crippen LogP contribution in [0.4, 0.5) is 4.39 Å². The summed E-state index contributed by atoms with van der Waals surface area (Å²) in [6.07, 6.45) is 4.52. The minimum Gasteiger partial charge on any atom is -0.337 e. The Morgan fingerprint density at radius 3 is 2.88 bits per heavy atom. The van der Waals surface area contributed by atoms with Crippen LogP contribution in [0.3, 0.4) is 0 Å². The monoisotopic (exact) mass is 327 g/mol. The molecule has 24 heavy (non-hydrogen) atoms. The Balaban J connectivity index is 1.65. The maximum atomic E-state index is 13.8. The fourth-order valence-electron chi connectivity index (χ4n) is 3.24. The molecule has 0 saturated carbocycles. The van der Waals surface area contributed by atoms with Gasteiger partial charge in [0, 0.05) is 32.4 Å². The summed E-state index contributed by atoms with van der Waals surface area (Å²) in [6.45, 7) is 2.71. The van der Waals surface area contributed by atoms with Crippen molar-refractivity contribution in [2.45, 2.75) is 25.4 Å². The Kier molecular flexibility index (Phi) is 5.20. The van der Waals surface area contributed by atoms with Crippen LogP contribution in [-0.2, 0) is 6.54 Å². The Bertz CT molecular complexity index is 692. The molecule has 1 unspecified atom stereocenters. The van der Waals surface area contributed by atoms with Gasteiger partial charge < -0.3 is 4.90 Å². The molecule has 1 fully saturated rings. The second-order valence-electron chi connectivity index (χ2n) is 6.29. The van der Waals surface area contributed by atoms with Crippen molar-refractivity contribution >= 4 is 5.91 Å². The second-order valence-corrected chi connectivity index (χ2v) is 6.29. The van der Waals surface area contributed by atoms with E-state index in [1.54, 1.807) is 11.9 Å². The number of hydrogen-bond donors (Lipinski definition) is 0. The number of halogens is 1. The maximum absolute atomic E-state index is 13.8. The number of carbonyl (C=O) groups is 1. The summed E-state index contributed by atoms with van der Waals surface area (Å²) in [5, 5.41) is 0. The average Bonchev–Trinajstić information content (AvgIpc) is 2.62. The molecule has 4 nitrogen and oxygen atoms in total. The molecule has 3 rings (SSSR count). The summed E-state index contributed by atoms with van der Waals surface area (Å²) in [6, 6.07) is 11.9. The van der Waals surface area contributed by atoms with Crippen molar-refractivity contribution < 1.29 is 9.18 Å². The molecular weight excluding hydrogens is 305 g/mol. The summed E-state index contributed by atoms with van der Waals surface area (Å²) in [4.78, 5) is 20.3. The zero-order valence-corrected chi connectivity index (χ0v) is 13.9. The van der Waals surface area contributed by atoms with E-state index in [0.29, 0.717) is 0 Å². The molecule has 0 aliphatic carbocycles. The van der Waals surface area contributed by atoms with Gasteiger partial charge in [0.05, 0.1) is 11.8 Å². The molecule has 0 N–H and O–H groups in total. The highest BCUT2D eigenvalue weighted by Crippen LogP contribution is 2.19. The molecule has 1 aliphatic heterocycles. The van der Waals surface area contributed by atoms with E-state index in [1.807, 2.05) is 18.2 Å². The quantitative estimate of drug-likeness (QED) is 0.866. The third kappa shape index (κ3) is 3.79. The lowest BCUT2D eigenvalue weighted by molar-refractivity contribution is 0.0604. The number of hydrogen-bond acceptors (Lipinski definition) is 3. The molecule has 126 valence electrons. The number of carbonyl (C=O) groups excluding carboxylic acids is 1. The third-order valence-electron chi connectivity index (χ3n) is 4.60. The first-order valence-corrected chi connectivity index (χ1v) is 8.28. The van der Waals surface area contributed by atoms with Gasteiger partial charge in [-0.15, -0.1) is 0 Å². The lowest BCUT2D eigenvalue weighted by atomic mass is 10.0. The number of pyridine rings is 1. The van der Waals surface area contributed by atoms with Gasteiger partial charge in [-0.1, -0.05) is 30.3 Å². The predicted molar refractivity (Wildman–Crippen MR) is 91.0 cm³/mol. The fraction of sp³-hybridized carbons (Fsp3) is 0.368. The van der Waals surface area contributed by atoms with E-state index in [9.17, 15) is 9.18 Å². The molecule has 0 bridgehead atoms. The van der Waals surface area contributed by atoms with Gasteiger partial charge in [-0.3, -0.25) is 14.7 Å². The summed E-state index contributed by atoms with van der Waals surface area (Å²) in [5.41, 5.74) is 1.36. The highest BCUT2D eigenvalue weighted by molar-refractivity contribution is 5.94. The van der Waals surface area contributed by atoms with Crippen molar-refractivity contribution in [1.82, 2.24) is 14.8 Å². The molecule has 1 amide bonds. The number of piperidine rings is 1. The second kappa shape index (κ2) is 7.53. The van der Waals surface area contributed by atoms with Gasteiger partial charge in [0.15, 0.2) is 5.82 Å². The van der Waals surface area contributed by atoms with E-state index >= 15 is 0 Å². The minimum absolute atomic E-state index is 0.0904. The first-order chi connectivity index (χ1) is 11.6. The SMILES string of the molecule is CN(C(=O)c1ccncc1F)C1CCCN(Cc2ccccc2)C1. The number of benzene rings is 1. The molecule has 1 atom stereocenters. The average molecular weight is 327 g/mol. The van der Waals surface area contributed by atoms with Gasteiger partial charge in [0.2, 0.25) is 0 Å². The lowest BCUT2D eigenvalue weighted by Crippen LogP contribution is -2.48. The zero-order chi connectivity index (χ0) is 16.9. The van der Waals surface area contributed by atoms with Crippen LogP contribution in [-0.4, -0.2) is 46.9 Å². The first kappa shape index (κ1) is 16.6. The highest BCUT2D eigenvalue weighted by atomic mass is 19.1. The number of rotatable bonds is 4. The largest absolute Gasteiger partial charge is 0.337 e. The number of nitrogens with zero attached hydrogens (tertiary/aromatic N) is 3. The maximum Gasteiger partial charge on any atom is 0.256 e. The first-order valence-electron chi connectivity index (χ1n) is 8.28. The molecule has 1 aromatic carbocycles. The molecule has 5 heteroatoms. The highest BCUT2D eigenvalue weighted by Gasteiger charge is 2.27. The van der Waals surface area contributed by atoms with Crippen LogP contribution in [0.5, 0.6) is 0 Å². The Morgan fingerprint density at radius 1 is 1.33 bits per heavy atom. The smallest absolute Gasteiger partial charge is 0.256 e. The molecule has 2 aromatic rings. The van der Waals surface area contributed by atoms with Crippen LogP contribution in [0.15, 0.2) is 48.8 Å². The van der Waals surface area contributed by atoms with E-state index in [4.69, 9.17) is 0 Å². The summed E-state index contributed by atoms with van der Waals surface area (Å²) < 4.78 is 13.8. The van der Waals surface area contributed by atoms with Gasteiger partial charge >= 0.3 is 0 Å². The van der Waals surface area contributed by atoms with Crippen LogP contribution in [0, 0.1) is 5.82 Å². The lowest BCUT2D eigenvalue weighted by Gasteiger charge is -2.37. The van der Waals surface area contributed by atoms with Crippen LogP contribution in [0.1, 0.15) is 28.8 Å². The third-order valence-corrected chi connectivity index (χ3v) is 4.60. The van der Waals surface area contributed by atoms with Crippen molar-refractivity contribution in [3.05, 3.63) is 65.7 Å². The van der Waals surface area contributed by atoms with E-state index in [1.165, 1.54) is 17.8 Å². The van der Waals surface area contributed by atoms with Crippen LogP contribution >= 0.6 is 0 Å². The van der Waals surface area contributed by atoms with Crippen LogP contribution in [0.25, 0.3) is 0 Å². The molecule has 1 saturated heterocycles. The van der Waals surface area contributed by atoms with Gasteiger partial charge in [-0.25, -0.2) is 4.39 Å². The van der Waals surface area contributed by atoms with Crippen molar-refractivity contribution in [3.8, 4) is 0 Å². The summed E-state index contributed by atoms with van der Waals surface area (Å²) in [7, 11) is 1.76. The molecular formula is C19H22FN3O. The van der Waals surface area contributed by atoms with Gasteiger partial charge in [-0.05, 0) is 31.0 Å². The number of amides is 1. The molecule has 2 heterocycles. The van der Waals surface area contributed by atoms with E-state index in [-0.39, 0.29) is 17.5 Å². The molecule has 0 spiro atoms. The molecule has 1 aliphatic rings. The van der Waals surface area contributed by atoms with Gasteiger partial charge in [-0.2, -0.15) is 0 Å². The standard InChI is InChI=1S/C19H22FN3O/c1-22(19(24)17-9-10-21-12-18(17)20)16-8-5-11-23(14-16)13-15-6-3-2-4-7-15/h2-4,6-7,9-10,12,16H,5,8,11,13-14H2,1H3. The Hall–Kier alpha value is -2.27. The van der Waals surface area contributed by atoms with Gasteiger partial charge in [0.25, 0.3) is 5.91 Å². The van der Waals surface area contributed by atoms with Crippen molar-refractivity contribution in [1.29, 1.82) is 0 Å². The summed E-state index contributed by atoms with van der Waals surface area (Å²) >= 11 is 0. The van der Waals surface area contributed by atoms with Crippen LogP contribution in [0.2, 0.25) is 0 Å². The minimum atomic E-state index is -0.564. The molecule has 1 aromatic heterocycles. The van der Waals surface area contributed by atoms with Gasteiger partial charge in [0.1, 0.15) is 0 Å². The number of likely N-dealkylation sites (tertiary alicyclic amines) is 1. The van der Waals surface area contributed by atoms with Crippen LogP contribution < -0.4 is 0 Å². The molecule has 0 radical (unpaired) electrons. The zero-order valence-electron chi connectivity index (χ0n) is 13.9. The Morgan fingerprint density at radius 2 is 2.12 bits per heavy atom. The van der Waals surface area contributed by atoms with E-state index in [0.717, 1.165) is 38.7 Å². The number of likely N-dealkylation sites (N-methyl/N-ethyl adjacent to an activating group) is 1. The topological polar surface area (TPSA) is 36.4 Å². The fourth-order valence-corrected chi connectivity index (χ4v) is 3.24. The van der Waals surface area contributed by atoms with E-state index in [2.05, 4.69) is 22.0 Å². The van der Waals surface area contributed by atoms with Crippen molar-refractivity contribution in [2.75, 3.05) is 20.1 Å². The van der Waals surface area contributed by atoms with Crippen molar-refractivity contribution in [2.24, 2.45) is 0 Å². The summed E-state index contributed by atoms with van der Waals surface area (Å²) in [5.74, 6) is -0.840. The Labute approximate surface area is 141 Å². The normalized spacial score (nSPS) is 18.3. The van der Waals surface area contributed by atoms with Crippen molar-refractivity contribution in [3.63, 3.8) is 0 Å².